The average Bonchev–Trinajstić information content (AvgIpc) is 2.48. The fourth-order valence-electron chi connectivity index (χ4n) is 1.12. The van der Waals surface area contributed by atoms with Crippen LogP contribution in [0.25, 0.3) is 5.65 Å². The monoisotopic (exact) mass is 246 g/mol. The molecule has 0 fully saturated rings. The molecule has 2 aromatic heterocycles. The Balaban J connectivity index is 2.69. The molecule has 0 aromatic carbocycles. The molecule has 13 heavy (non-hydrogen) atoms. The first-order chi connectivity index (χ1) is 6.18. The minimum absolute atomic E-state index is 0.0290. The van der Waals surface area contributed by atoms with Crippen LogP contribution in [0.3, 0.4) is 0 Å². The van der Waals surface area contributed by atoms with Crippen LogP contribution in [0.2, 0.25) is 0 Å². The maximum atomic E-state index is 12.4. The van der Waals surface area contributed by atoms with Crippen LogP contribution >= 0.6 is 15.9 Å². The van der Waals surface area contributed by atoms with E-state index in [9.17, 15) is 8.78 Å². The molecular weight excluding hydrogens is 242 g/mol. The lowest BCUT2D eigenvalue weighted by molar-refractivity contribution is 0.150. The highest BCUT2D eigenvalue weighted by Gasteiger charge is 2.12. The van der Waals surface area contributed by atoms with Crippen LogP contribution < -0.4 is 0 Å². The van der Waals surface area contributed by atoms with Crippen molar-refractivity contribution in [1.82, 2.24) is 9.38 Å². The van der Waals surface area contributed by atoms with Crippen molar-refractivity contribution < 1.29 is 8.78 Å². The van der Waals surface area contributed by atoms with E-state index in [0.717, 1.165) is 0 Å². The van der Waals surface area contributed by atoms with Crippen LogP contribution in [0.1, 0.15) is 12.0 Å². The van der Waals surface area contributed by atoms with Crippen LogP contribution in [-0.4, -0.2) is 9.38 Å². The Labute approximate surface area is 81.3 Å². The van der Waals surface area contributed by atoms with Gasteiger partial charge in [0, 0.05) is 28.6 Å². The van der Waals surface area contributed by atoms with Crippen molar-refractivity contribution in [3.05, 3.63) is 34.7 Å². The van der Waals surface area contributed by atoms with Crippen molar-refractivity contribution in [3.63, 3.8) is 0 Å². The summed E-state index contributed by atoms with van der Waals surface area (Å²) in [6.07, 6.45) is 2.37. The minimum Gasteiger partial charge on any atom is -0.306 e. The molecule has 0 saturated carbocycles. The molecule has 0 radical (unpaired) electrons. The van der Waals surface area contributed by atoms with Gasteiger partial charge in [0.05, 0.1) is 0 Å². The summed E-state index contributed by atoms with van der Waals surface area (Å²) in [6, 6.07) is 1.37. The molecule has 5 heteroatoms. The molecule has 2 rings (SSSR count). The first-order valence-electron chi connectivity index (χ1n) is 3.59. The molecular formula is C8H5BrF2N2. The fourth-order valence-corrected chi connectivity index (χ4v) is 1.63. The number of halogens is 3. The number of aromatic nitrogens is 2. The molecule has 2 aromatic rings. The second-order valence-electron chi connectivity index (χ2n) is 2.57. The number of alkyl halides is 2. The third-order valence-corrected chi connectivity index (χ3v) is 2.41. The van der Waals surface area contributed by atoms with E-state index in [1.165, 1.54) is 6.07 Å². The van der Waals surface area contributed by atoms with Crippen molar-refractivity contribution in [2.24, 2.45) is 0 Å². The molecule has 0 aliphatic rings. The quantitative estimate of drug-likeness (QED) is 0.757. The summed E-state index contributed by atoms with van der Waals surface area (Å²) in [5, 5.41) is 0. The van der Waals surface area contributed by atoms with Crippen LogP contribution in [0.5, 0.6) is 0 Å². The van der Waals surface area contributed by atoms with Crippen LogP contribution in [0, 0.1) is 0 Å². The number of nitrogens with zero attached hydrogens (tertiary/aromatic N) is 2. The van der Waals surface area contributed by atoms with Gasteiger partial charge < -0.3 is 4.40 Å². The maximum Gasteiger partial charge on any atom is 0.265 e. The van der Waals surface area contributed by atoms with Crippen molar-refractivity contribution in [2.45, 2.75) is 6.43 Å². The maximum absolute atomic E-state index is 12.4. The van der Waals surface area contributed by atoms with Crippen molar-refractivity contribution in [3.8, 4) is 0 Å². The summed E-state index contributed by atoms with van der Waals surface area (Å²) in [6.45, 7) is 0. The van der Waals surface area contributed by atoms with Gasteiger partial charge in [-0.1, -0.05) is 0 Å². The smallest absolute Gasteiger partial charge is 0.265 e. The molecule has 0 aliphatic heterocycles. The molecule has 0 amide bonds. The molecule has 2 nitrogen and oxygen atoms in total. The van der Waals surface area contributed by atoms with Crippen LogP contribution in [0.15, 0.2) is 29.1 Å². The Morgan fingerprint density at radius 2 is 2.23 bits per heavy atom. The first-order valence-corrected chi connectivity index (χ1v) is 4.38. The largest absolute Gasteiger partial charge is 0.306 e. The Bertz CT molecular complexity index is 439. The van der Waals surface area contributed by atoms with E-state index in [1.807, 2.05) is 0 Å². The predicted octanol–water partition coefficient (Wildman–Crippen LogP) is 3.03. The van der Waals surface area contributed by atoms with Gasteiger partial charge in [-0.05, 0) is 22.0 Å². The third kappa shape index (κ3) is 1.44. The zero-order chi connectivity index (χ0) is 9.42. The Morgan fingerprint density at radius 1 is 1.46 bits per heavy atom. The lowest BCUT2D eigenvalue weighted by Gasteiger charge is -2.03. The highest BCUT2D eigenvalue weighted by molar-refractivity contribution is 9.10. The van der Waals surface area contributed by atoms with Gasteiger partial charge in [0.15, 0.2) is 0 Å². The van der Waals surface area contributed by atoms with Crippen LogP contribution in [-0.2, 0) is 0 Å². The summed E-state index contributed by atoms with van der Waals surface area (Å²) in [4.78, 5) is 3.91. The molecule has 0 aliphatic carbocycles. The van der Waals surface area contributed by atoms with Crippen LogP contribution in [0.4, 0.5) is 8.78 Å². The zero-order valence-electron chi connectivity index (χ0n) is 6.42. The number of hydrogen-bond donors (Lipinski definition) is 0. The van der Waals surface area contributed by atoms with Crippen molar-refractivity contribution in [1.29, 1.82) is 0 Å². The van der Waals surface area contributed by atoms with Gasteiger partial charge in [0.1, 0.15) is 5.65 Å². The predicted molar refractivity (Wildman–Crippen MR) is 47.8 cm³/mol. The number of pyridine rings is 1. The van der Waals surface area contributed by atoms with E-state index < -0.39 is 6.43 Å². The number of imidazole rings is 1. The van der Waals surface area contributed by atoms with E-state index in [1.54, 1.807) is 23.0 Å². The van der Waals surface area contributed by atoms with Crippen molar-refractivity contribution in [2.75, 3.05) is 0 Å². The molecule has 0 spiro atoms. The lowest BCUT2D eigenvalue weighted by Crippen LogP contribution is -1.91. The third-order valence-electron chi connectivity index (χ3n) is 1.75. The number of hydrogen-bond acceptors (Lipinski definition) is 1. The van der Waals surface area contributed by atoms with E-state index in [0.29, 0.717) is 10.1 Å². The summed E-state index contributed by atoms with van der Waals surface area (Å²) in [5.74, 6) is 0. The van der Waals surface area contributed by atoms with E-state index >= 15 is 0 Å². The second-order valence-corrected chi connectivity index (χ2v) is 3.42. The summed E-state index contributed by atoms with van der Waals surface area (Å²) < 4.78 is 26.9. The highest BCUT2D eigenvalue weighted by Crippen LogP contribution is 2.27. The molecule has 68 valence electrons. The normalized spacial score (nSPS) is 11.4. The lowest BCUT2D eigenvalue weighted by atomic mass is 10.3. The Morgan fingerprint density at radius 3 is 2.92 bits per heavy atom. The zero-order valence-corrected chi connectivity index (χ0v) is 8.00. The topological polar surface area (TPSA) is 17.3 Å². The molecule has 0 N–H and O–H groups in total. The SMILES string of the molecule is FC(F)c1cc2nccn2cc1Br. The Kier molecular flexibility index (Phi) is 2.03. The number of rotatable bonds is 1. The van der Waals surface area contributed by atoms with Gasteiger partial charge in [-0.2, -0.15) is 0 Å². The molecule has 0 unspecified atom stereocenters. The van der Waals surface area contributed by atoms with Gasteiger partial charge >= 0.3 is 0 Å². The van der Waals surface area contributed by atoms with E-state index in [-0.39, 0.29) is 5.56 Å². The molecule has 0 bridgehead atoms. The summed E-state index contributed by atoms with van der Waals surface area (Å²) in [7, 11) is 0. The molecule has 0 atom stereocenters. The van der Waals surface area contributed by atoms with Gasteiger partial charge in [-0.3, -0.25) is 0 Å². The van der Waals surface area contributed by atoms with Gasteiger partial charge in [-0.25, -0.2) is 13.8 Å². The first kappa shape index (κ1) is 8.62. The standard InChI is InChI=1S/C8H5BrF2N2/c9-6-4-13-2-1-12-7(13)3-5(6)8(10)11/h1-4,8H. The van der Waals surface area contributed by atoms with Gasteiger partial charge in [-0.15, -0.1) is 0 Å². The highest BCUT2D eigenvalue weighted by atomic mass is 79.9. The second kappa shape index (κ2) is 3.06. The Hall–Kier alpha value is -0.970. The molecule has 2 heterocycles. The van der Waals surface area contributed by atoms with Crippen molar-refractivity contribution >= 4 is 21.6 Å². The molecule has 0 saturated heterocycles. The summed E-state index contributed by atoms with van der Waals surface area (Å²) in [5.41, 5.74) is 0.497. The minimum atomic E-state index is -2.48. The average molecular weight is 247 g/mol. The van der Waals surface area contributed by atoms with E-state index in [4.69, 9.17) is 0 Å². The summed E-state index contributed by atoms with van der Waals surface area (Å²) >= 11 is 3.07. The van der Waals surface area contributed by atoms with Gasteiger partial charge in [0.2, 0.25) is 0 Å². The number of fused-ring (bicyclic) bond motifs is 1. The van der Waals surface area contributed by atoms with E-state index in [2.05, 4.69) is 20.9 Å². The van der Waals surface area contributed by atoms with Gasteiger partial charge in [0.25, 0.3) is 6.43 Å². The fraction of sp³-hybridized carbons (Fsp3) is 0.125.